The molecule has 2 aromatic rings. The van der Waals surface area contributed by atoms with Crippen molar-refractivity contribution in [3.63, 3.8) is 0 Å². The molecule has 0 aliphatic heterocycles. The summed E-state index contributed by atoms with van der Waals surface area (Å²) in [6, 6.07) is 13.4. The van der Waals surface area contributed by atoms with Gasteiger partial charge in [-0.15, -0.1) is 11.3 Å². The van der Waals surface area contributed by atoms with E-state index >= 15 is 0 Å². The number of nitrogens with one attached hydrogen (secondary N) is 1. The van der Waals surface area contributed by atoms with Gasteiger partial charge in [-0.2, -0.15) is 0 Å². The number of aryl methyl sites for hydroxylation is 1. The molecule has 0 saturated heterocycles. The van der Waals surface area contributed by atoms with E-state index in [-0.39, 0.29) is 0 Å². The van der Waals surface area contributed by atoms with E-state index in [2.05, 4.69) is 48.6 Å². The molecule has 106 valence electrons. The molecular formula is C17H20ClNS. The van der Waals surface area contributed by atoms with Crippen molar-refractivity contribution in [3.05, 3.63) is 56.7 Å². The molecule has 1 aliphatic carbocycles. The first kappa shape index (κ1) is 14.1. The van der Waals surface area contributed by atoms with Crippen molar-refractivity contribution in [3.8, 4) is 0 Å². The summed E-state index contributed by atoms with van der Waals surface area (Å²) in [5.41, 5.74) is 2.84. The lowest BCUT2D eigenvalue weighted by Crippen LogP contribution is -2.27. The average molecular weight is 306 g/mol. The highest BCUT2D eigenvalue weighted by molar-refractivity contribution is 7.16. The van der Waals surface area contributed by atoms with E-state index in [0.717, 1.165) is 10.9 Å². The molecule has 1 aromatic carbocycles. The third kappa shape index (κ3) is 3.08. The first-order valence-corrected chi connectivity index (χ1v) is 8.50. The summed E-state index contributed by atoms with van der Waals surface area (Å²) in [6.45, 7) is 3.30. The first-order chi connectivity index (χ1) is 9.74. The van der Waals surface area contributed by atoms with E-state index in [4.69, 9.17) is 11.6 Å². The Balaban J connectivity index is 1.65. The van der Waals surface area contributed by atoms with Crippen LogP contribution in [0.5, 0.6) is 0 Å². The Hall–Kier alpha value is -0.830. The van der Waals surface area contributed by atoms with Crippen LogP contribution in [-0.2, 0) is 6.42 Å². The van der Waals surface area contributed by atoms with Crippen molar-refractivity contribution >= 4 is 22.9 Å². The minimum atomic E-state index is 0.480. The standard InChI is InChI=1S/C17H20ClNS/c1-12(13-6-3-2-4-7-13)11-19-15-8-5-9-16-14(15)10-17(18)20-16/h2-4,6-7,10,12,15,19H,5,8-9,11H2,1H3. The van der Waals surface area contributed by atoms with E-state index in [1.54, 1.807) is 11.3 Å². The smallest absolute Gasteiger partial charge is 0.0934 e. The summed E-state index contributed by atoms with van der Waals surface area (Å²) < 4.78 is 0.930. The van der Waals surface area contributed by atoms with Crippen LogP contribution in [0.1, 0.15) is 47.7 Å². The summed E-state index contributed by atoms with van der Waals surface area (Å²) in [4.78, 5) is 1.48. The monoisotopic (exact) mass is 305 g/mol. The van der Waals surface area contributed by atoms with Gasteiger partial charge in [0.1, 0.15) is 0 Å². The first-order valence-electron chi connectivity index (χ1n) is 7.30. The number of halogens is 1. The van der Waals surface area contributed by atoms with Crippen LogP contribution in [0.15, 0.2) is 36.4 Å². The minimum Gasteiger partial charge on any atom is -0.309 e. The quantitative estimate of drug-likeness (QED) is 0.821. The Morgan fingerprint density at radius 1 is 1.35 bits per heavy atom. The number of hydrogen-bond acceptors (Lipinski definition) is 2. The molecule has 0 amide bonds. The fourth-order valence-corrected chi connectivity index (χ4v) is 4.34. The number of fused-ring (bicyclic) bond motifs is 1. The lowest BCUT2D eigenvalue weighted by molar-refractivity contribution is 0.450. The third-order valence-electron chi connectivity index (χ3n) is 4.12. The maximum Gasteiger partial charge on any atom is 0.0934 e. The van der Waals surface area contributed by atoms with Crippen LogP contribution in [-0.4, -0.2) is 6.54 Å². The molecule has 3 rings (SSSR count). The molecule has 1 heterocycles. The third-order valence-corrected chi connectivity index (χ3v) is 5.46. The second-order valence-corrected chi connectivity index (χ2v) is 7.36. The number of benzene rings is 1. The van der Waals surface area contributed by atoms with Gasteiger partial charge in [0.15, 0.2) is 0 Å². The normalized spacial score (nSPS) is 19.6. The van der Waals surface area contributed by atoms with Crippen LogP contribution in [0.2, 0.25) is 4.34 Å². The van der Waals surface area contributed by atoms with Crippen molar-refractivity contribution in [2.45, 2.75) is 38.1 Å². The Labute approximate surface area is 130 Å². The molecule has 3 heteroatoms. The predicted molar refractivity (Wildman–Crippen MR) is 87.9 cm³/mol. The zero-order valence-corrected chi connectivity index (χ0v) is 13.3. The summed E-state index contributed by atoms with van der Waals surface area (Å²) in [7, 11) is 0. The highest BCUT2D eigenvalue weighted by atomic mass is 35.5. The molecule has 20 heavy (non-hydrogen) atoms. The highest BCUT2D eigenvalue weighted by Crippen LogP contribution is 2.37. The zero-order chi connectivity index (χ0) is 13.9. The minimum absolute atomic E-state index is 0.480. The second kappa shape index (κ2) is 6.30. The number of hydrogen-bond donors (Lipinski definition) is 1. The summed E-state index contributed by atoms with van der Waals surface area (Å²) >= 11 is 7.92. The Bertz CT molecular complexity index is 564. The molecule has 0 fully saturated rings. The van der Waals surface area contributed by atoms with Gasteiger partial charge in [0, 0.05) is 17.5 Å². The van der Waals surface area contributed by atoms with Crippen LogP contribution in [0, 0.1) is 0 Å². The Kier molecular flexibility index (Phi) is 4.45. The van der Waals surface area contributed by atoms with Crippen molar-refractivity contribution in [2.24, 2.45) is 0 Å². The number of thiophene rings is 1. The van der Waals surface area contributed by atoms with Gasteiger partial charge in [0.05, 0.1) is 4.34 Å². The van der Waals surface area contributed by atoms with Gasteiger partial charge in [0.2, 0.25) is 0 Å². The molecule has 0 radical (unpaired) electrons. The molecule has 0 saturated carbocycles. The van der Waals surface area contributed by atoms with Gasteiger partial charge in [0.25, 0.3) is 0 Å². The molecule has 2 atom stereocenters. The number of rotatable bonds is 4. The van der Waals surface area contributed by atoms with Gasteiger partial charge in [-0.25, -0.2) is 0 Å². The average Bonchev–Trinajstić information content (AvgIpc) is 2.86. The van der Waals surface area contributed by atoms with E-state index in [9.17, 15) is 0 Å². The van der Waals surface area contributed by atoms with Crippen LogP contribution in [0.25, 0.3) is 0 Å². The topological polar surface area (TPSA) is 12.0 Å². The van der Waals surface area contributed by atoms with Crippen molar-refractivity contribution in [1.29, 1.82) is 0 Å². The molecule has 1 aromatic heterocycles. The summed E-state index contributed by atoms with van der Waals surface area (Å²) in [6.07, 6.45) is 3.68. The van der Waals surface area contributed by atoms with E-state index in [0.29, 0.717) is 12.0 Å². The Morgan fingerprint density at radius 3 is 2.95 bits per heavy atom. The van der Waals surface area contributed by atoms with Crippen molar-refractivity contribution in [1.82, 2.24) is 5.32 Å². The zero-order valence-electron chi connectivity index (χ0n) is 11.7. The van der Waals surface area contributed by atoms with E-state index < -0.39 is 0 Å². The highest BCUT2D eigenvalue weighted by Gasteiger charge is 2.22. The van der Waals surface area contributed by atoms with Crippen molar-refractivity contribution < 1.29 is 0 Å². The van der Waals surface area contributed by atoms with E-state index in [1.807, 2.05) is 0 Å². The van der Waals surface area contributed by atoms with Gasteiger partial charge in [-0.05, 0) is 42.4 Å². The predicted octanol–water partition coefficient (Wildman–Crippen LogP) is 5.17. The fourth-order valence-electron chi connectivity index (χ4n) is 2.95. The Morgan fingerprint density at radius 2 is 2.15 bits per heavy atom. The molecule has 2 unspecified atom stereocenters. The van der Waals surface area contributed by atoms with Gasteiger partial charge >= 0.3 is 0 Å². The molecule has 0 spiro atoms. The van der Waals surface area contributed by atoms with E-state index in [1.165, 1.54) is 35.3 Å². The second-order valence-electron chi connectivity index (χ2n) is 5.59. The lowest BCUT2D eigenvalue weighted by Gasteiger charge is -2.25. The van der Waals surface area contributed by atoms with Crippen LogP contribution in [0.3, 0.4) is 0 Å². The molecule has 0 bridgehead atoms. The maximum atomic E-state index is 6.17. The van der Waals surface area contributed by atoms with Crippen LogP contribution < -0.4 is 5.32 Å². The fraction of sp³-hybridized carbons (Fsp3) is 0.412. The summed E-state index contributed by atoms with van der Waals surface area (Å²) in [5, 5.41) is 3.74. The molecular weight excluding hydrogens is 286 g/mol. The largest absolute Gasteiger partial charge is 0.309 e. The van der Waals surface area contributed by atoms with Crippen LogP contribution >= 0.6 is 22.9 Å². The SMILES string of the molecule is CC(CNC1CCCc2sc(Cl)cc21)c1ccccc1. The molecule has 1 aliphatic rings. The van der Waals surface area contributed by atoms with Crippen molar-refractivity contribution in [2.75, 3.05) is 6.54 Å². The molecule has 1 nitrogen and oxygen atoms in total. The van der Waals surface area contributed by atoms with Gasteiger partial charge < -0.3 is 5.32 Å². The maximum absolute atomic E-state index is 6.17. The summed E-state index contributed by atoms with van der Waals surface area (Å²) in [5.74, 6) is 0.538. The van der Waals surface area contributed by atoms with Gasteiger partial charge in [-0.3, -0.25) is 0 Å². The van der Waals surface area contributed by atoms with Gasteiger partial charge in [-0.1, -0.05) is 48.9 Å². The van der Waals surface area contributed by atoms with Crippen LogP contribution in [0.4, 0.5) is 0 Å². The lowest BCUT2D eigenvalue weighted by atomic mass is 9.93. The molecule has 1 N–H and O–H groups in total.